The Morgan fingerprint density at radius 1 is 1.18 bits per heavy atom. The fraction of sp³-hybridized carbons (Fsp3) is 0.263. The smallest absolute Gasteiger partial charge is 0.303 e. The van der Waals surface area contributed by atoms with E-state index in [4.69, 9.17) is 15.3 Å². The monoisotopic (exact) mass is 401 g/mol. The normalized spacial score (nSPS) is 17.5. The number of nitroso groups, excluding NO2 is 1. The molecule has 1 aliphatic heterocycles. The van der Waals surface area contributed by atoms with Crippen LogP contribution in [0.2, 0.25) is 0 Å². The van der Waals surface area contributed by atoms with Gasteiger partial charge in [-0.2, -0.15) is 4.91 Å². The lowest BCUT2D eigenvalue weighted by molar-refractivity contribution is -0.126. The van der Waals surface area contributed by atoms with Crippen LogP contribution in [0.25, 0.3) is 0 Å². The molecule has 0 aromatic heterocycles. The molecule has 0 spiro atoms. The minimum Gasteiger partial charge on any atom is -0.496 e. The van der Waals surface area contributed by atoms with Crippen LogP contribution >= 0.6 is 11.8 Å². The van der Waals surface area contributed by atoms with Crippen molar-refractivity contribution in [3.63, 3.8) is 0 Å². The maximum absolute atomic E-state index is 11.9. The first-order chi connectivity index (χ1) is 13.5. The quantitative estimate of drug-likeness (QED) is 0.411. The number of carbonyl (C=O) groups excluding carboxylic acids is 2. The zero-order valence-corrected chi connectivity index (χ0v) is 15.9. The van der Waals surface area contributed by atoms with Gasteiger partial charge in [-0.25, -0.2) is 10.9 Å². The molecule has 0 bridgehead atoms. The molecular formula is C19H19N3O5S. The molecule has 8 nitrogen and oxygen atoms in total. The largest absolute Gasteiger partial charge is 0.496 e. The number of nitrogens with two attached hydrogens (primary N) is 1. The van der Waals surface area contributed by atoms with Gasteiger partial charge in [-0.15, -0.1) is 0 Å². The lowest BCUT2D eigenvalue weighted by Gasteiger charge is -2.15. The van der Waals surface area contributed by atoms with Crippen molar-refractivity contribution in [3.05, 3.63) is 64.6 Å². The van der Waals surface area contributed by atoms with Crippen molar-refractivity contribution < 1.29 is 19.1 Å². The van der Waals surface area contributed by atoms with E-state index in [1.165, 1.54) is 7.11 Å². The van der Waals surface area contributed by atoms with E-state index >= 15 is 0 Å². The zero-order valence-electron chi connectivity index (χ0n) is 15.1. The predicted octanol–water partition coefficient (Wildman–Crippen LogP) is 3.06. The highest BCUT2D eigenvalue weighted by molar-refractivity contribution is 8.15. The summed E-state index contributed by atoms with van der Waals surface area (Å²) in [5.74, 6) is 6.13. The Kier molecular flexibility index (Phi) is 6.27. The molecule has 2 unspecified atom stereocenters. The summed E-state index contributed by atoms with van der Waals surface area (Å²) in [7, 11) is 1.53. The molecule has 1 saturated heterocycles. The summed E-state index contributed by atoms with van der Waals surface area (Å²) >= 11 is 0.921. The number of nitrogens with zero attached hydrogens (tertiary/aromatic N) is 2. The third kappa shape index (κ3) is 4.32. The van der Waals surface area contributed by atoms with E-state index in [-0.39, 0.29) is 6.61 Å². The molecule has 1 heterocycles. The van der Waals surface area contributed by atoms with E-state index in [2.05, 4.69) is 5.18 Å². The van der Waals surface area contributed by atoms with Gasteiger partial charge in [0.05, 0.1) is 12.4 Å². The van der Waals surface area contributed by atoms with Crippen LogP contribution in [0.15, 0.2) is 53.7 Å². The van der Waals surface area contributed by atoms with Crippen LogP contribution in [0.1, 0.15) is 17.2 Å². The molecule has 1 fully saturated rings. The van der Waals surface area contributed by atoms with Gasteiger partial charge in [-0.05, 0) is 41.9 Å². The van der Waals surface area contributed by atoms with Crippen LogP contribution in [0, 0.1) is 4.91 Å². The Bertz CT molecular complexity index is 874. The van der Waals surface area contributed by atoms with E-state index in [9.17, 15) is 14.5 Å². The predicted molar refractivity (Wildman–Crippen MR) is 105 cm³/mol. The molecule has 9 heteroatoms. The van der Waals surface area contributed by atoms with Gasteiger partial charge in [0.1, 0.15) is 18.1 Å². The summed E-state index contributed by atoms with van der Waals surface area (Å²) in [5.41, 5.74) is 1.53. The minimum atomic E-state index is -0.704. The summed E-state index contributed by atoms with van der Waals surface area (Å²) in [4.78, 5) is 34.6. The molecule has 2 aromatic rings. The lowest BCUT2D eigenvalue weighted by atomic mass is 10.1. The molecule has 146 valence electrons. The molecular weight excluding hydrogens is 382 g/mol. The van der Waals surface area contributed by atoms with Gasteiger partial charge in [-0.1, -0.05) is 35.5 Å². The number of thioether (sulfide) groups is 1. The fourth-order valence-electron chi connectivity index (χ4n) is 2.83. The number of para-hydroxylation sites is 1. The number of ether oxygens (including phenoxy) is 2. The number of hydrazine groups is 1. The van der Waals surface area contributed by atoms with Gasteiger partial charge < -0.3 is 9.47 Å². The summed E-state index contributed by atoms with van der Waals surface area (Å²) in [6.45, 7) is 0.0663. The number of hydrogen-bond acceptors (Lipinski definition) is 8. The Morgan fingerprint density at radius 3 is 2.50 bits per heavy atom. The molecule has 2 N–H and O–H groups in total. The van der Waals surface area contributed by atoms with Crippen molar-refractivity contribution in [2.75, 3.05) is 13.7 Å². The molecule has 0 radical (unpaired) electrons. The molecule has 2 atom stereocenters. The third-order valence-corrected chi connectivity index (χ3v) is 5.38. The van der Waals surface area contributed by atoms with Crippen LogP contribution in [-0.4, -0.2) is 35.1 Å². The Morgan fingerprint density at radius 2 is 1.89 bits per heavy atom. The van der Waals surface area contributed by atoms with Crippen molar-refractivity contribution in [2.24, 2.45) is 11.0 Å². The van der Waals surface area contributed by atoms with Crippen LogP contribution in [0.5, 0.6) is 11.5 Å². The third-order valence-electron chi connectivity index (χ3n) is 4.33. The molecule has 28 heavy (non-hydrogen) atoms. The first kappa shape index (κ1) is 19.8. The van der Waals surface area contributed by atoms with Crippen molar-refractivity contribution >= 4 is 22.9 Å². The van der Waals surface area contributed by atoms with Crippen LogP contribution in [-0.2, 0) is 11.2 Å². The maximum Gasteiger partial charge on any atom is 0.303 e. The fourth-order valence-corrected chi connectivity index (χ4v) is 3.77. The minimum absolute atomic E-state index is 0.0663. The second kappa shape index (κ2) is 8.85. The second-order valence-corrected chi connectivity index (χ2v) is 7.26. The van der Waals surface area contributed by atoms with E-state index in [1.807, 2.05) is 6.07 Å². The first-order valence-electron chi connectivity index (χ1n) is 8.50. The number of methoxy groups -OCH3 is 1. The van der Waals surface area contributed by atoms with Crippen LogP contribution in [0.4, 0.5) is 4.79 Å². The van der Waals surface area contributed by atoms with E-state index < -0.39 is 22.4 Å². The summed E-state index contributed by atoms with van der Waals surface area (Å²) in [6.07, 6.45) is 0.392. The van der Waals surface area contributed by atoms with Crippen molar-refractivity contribution in [2.45, 2.75) is 17.7 Å². The van der Waals surface area contributed by atoms with Gasteiger partial charge in [0, 0.05) is 5.56 Å². The highest BCUT2D eigenvalue weighted by Gasteiger charge is 2.37. The second-order valence-electron chi connectivity index (χ2n) is 6.10. The Hall–Kier alpha value is -2.91. The van der Waals surface area contributed by atoms with Gasteiger partial charge in [0.2, 0.25) is 0 Å². The van der Waals surface area contributed by atoms with Gasteiger partial charge in [0.15, 0.2) is 6.04 Å². The number of benzene rings is 2. The number of carbonyl (C=O) groups is 2. The molecule has 2 aromatic carbocycles. The standard InChI is InChI=1S/C19H19N3O5S/c1-26-16-5-3-2-4-14(16)15(21-25)11-27-13-8-6-12(7-9-13)10-17-18(23)22(20)19(24)28-17/h2-9,15,17H,10-11,20H2,1H3. The number of rotatable bonds is 8. The molecule has 3 rings (SSSR count). The molecule has 2 amide bonds. The summed E-state index contributed by atoms with van der Waals surface area (Å²) in [5, 5.41) is 2.84. The molecule has 1 aliphatic rings. The topological polar surface area (TPSA) is 111 Å². The van der Waals surface area contributed by atoms with Crippen LogP contribution in [0.3, 0.4) is 0 Å². The van der Waals surface area contributed by atoms with Gasteiger partial charge in [-0.3, -0.25) is 9.59 Å². The van der Waals surface area contributed by atoms with Crippen molar-refractivity contribution in [1.29, 1.82) is 0 Å². The van der Waals surface area contributed by atoms with Crippen LogP contribution < -0.4 is 15.3 Å². The number of amides is 2. The SMILES string of the molecule is COc1ccccc1C(COc1ccc(CC2SC(=O)N(N)C2=O)cc1)N=O. The Balaban J connectivity index is 1.60. The summed E-state index contributed by atoms with van der Waals surface area (Å²) in [6, 6.07) is 13.5. The molecule has 0 saturated carbocycles. The lowest BCUT2D eigenvalue weighted by Crippen LogP contribution is -2.37. The van der Waals surface area contributed by atoms with Crippen molar-refractivity contribution in [1.82, 2.24) is 5.01 Å². The zero-order chi connectivity index (χ0) is 20.1. The van der Waals surface area contributed by atoms with E-state index in [0.717, 1.165) is 17.3 Å². The Labute approximate surface area is 165 Å². The maximum atomic E-state index is 11.9. The first-order valence-corrected chi connectivity index (χ1v) is 9.38. The average Bonchev–Trinajstić information content (AvgIpc) is 2.96. The summed E-state index contributed by atoms with van der Waals surface area (Å²) < 4.78 is 11.0. The van der Waals surface area contributed by atoms with E-state index in [0.29, 0.717) is 28.5 Å². The van der Waals surface area contributed by atoms with E-state index in [1.54, 1.807) is 42.5 Å². The number of hydrogen-bond donors (Lipinski definition) is 1. The van der Waals surface area contributed by atoms with Crippen molar-refractivity contribution in [3.8, 4) is 11.5 Å². The average molecular weight is 401 g/mol. The highest BCUT2D eigenvalue weighted by atomic mass is 32.2. The highest BCUT2D eigenvalue weighted by Crippen LogP contribution is 2.29. The van der Waals surface area contributed by atoms with Gasteiger partial charge in [0.25, 0.3) is 5.91 Å². The molecule has 0 aliphatic carbocycles. The van der Waals surface area contributed by atoms with Gasteiger partial charge >= 0.3 is 5.24 Å². The number of imide groups is 1.